The number of hydrogen-bond donors (Lipinski definition) is 0. The quantitative estimate of drug-likeness (QED) is 0.135. The summed E-state index contributed by atoms with van der Waals surface area (Å²) in [6.45, 7) is 21.9. The van der Waals surface area contributed by atoms with Crippen LogP contribution in [0.3, 0.4) is 0 Å². The zero-order valence-corrected chi connectivity index (χ0v) is 43.7. The van der Waals surface area contributed by atoms with E-state index in [1.807, 2.05) is 6.07 Å². The fourth-order valence-electron chi connectivity index (χ4n) is 11.6. The van der Waals surface area contributed by atoms with Gasteiger partial charge in [0, 0.05) is 32.8 Å². The van der Waals surface area contributed by atoms with Gasteiger partial charge in [0.05, 0.1) is 34.3 Å². The molecule has 13 rings (SSSR count). The van der Waals surface area contributed by atoms with Crippen molar-refractivity contribution < 1.29 is 0 Å². The van der Waals surface area contributed by atoms with Crippen molar-refractivity contribution in [3.05, 3.63) is 269 Å². The van der Waals surface area contributed by atoms with Gasteiger partial charge >= 0.3 is 0 Å². The molecule has 11 aromatic carbocycles. The Hall–Kier alpha value is -9.49. The first-order valence-electron chi connectivity index (χ1n) is 26.2. The maximum absolute atomic E-state index is 8.99. The Labute approximate surface area is 445 Å². The van der Waals surface area contributed by atoms with E-state index >= 15 is 0 Å². The third-order valence-corrected chi connectivity index (χ3v) is 15.5. The minimum atomic E-state index is 0.586. The molecule has 0 N–H and O–H groups in total. The molecule has 3 nitrogen and oxygen atoms in total. The highest BCUT2D eigenvalue weighted by molar-refractivity contribution is 6.14. The van der Waals surface area contributed by atoms with Gasteiger partial charge in [-0.1, -0.05) is 191 Å². The summed E-state index contributed by atoms with van der Waals surface area (Å²) in [4.78, 5) is 4.41. The minimum Gasteiger partial charge on any atom is -0.310 e. The van der Waals surface area contributed by atoms with E-state index < -0.39 is 0 Å². The largest absolute Gasteiger partial charge is 0.310 e. The molecule has 13 aromatic rings. The Bertz CT molecular complexity index is 4250. The van der Waals surface area contributed by atoms with E-state index in [0.717, 1.165) is 77.6 Å². The van der Waals surface area contributed by atoms with Gasteiger partial charge in [0.25, 0.3) is 0 Å². The third-order valence-electron chi connectivity index (χ3n) is 15.5. The lowest BCUT2D eigenvalue weighted by molar-refractivity contribution is 1.16. The van der Waals surface area contributed by atoms with E-state index in [4.69, 9.17) is 6.57 Å². The smallest absolute Gasteiger partial charge is 0.197 e. The molecule has 0 atom stereocenters. The summed E-state index contributed by atoms with van der Waals surface area (Å²) in [5.74, 6) is 0. The first-order valence-corrected chi connectivity index (χ1v) is 26.2. The fourth-order valence-corrected chi connectivity index (χ4v) is 11.6. The zero-order chi connectivity index (χ0) is 51.8. The number of fused-ring (bicyclic) bond motifs is 6. The van der Waals surface area contributed by atoms with Crippen molar-refractivity contribution in [3.63, 3.8) is 0 Å². The Morgan fingerprint density at radius 1 is 0.276 bits per heavy atom. The lowest BCUT2D eigenvalue weighted by Gasteiger charge is -2.21. The van der Waals surface area contributed by atoms with E-state index in [1.165, 1.54) is 77.5 Å². The lowest BCUT2D eigenvalue weighted by Crippen LogP contribution is -2.02. The molecule has 0 fully saturated rings. The second kappa shape index (κ2) is 18.5. The third kappa shape index (κ3) is 8.07. The van der Waals surface area contributed by atoms with E-state index in [0.29, 0.717) is 5.69 Å². The maximum atomic E-state index is 8.99. The van der Waals surface area contributed by atoms with Gasteiger partial charge in [-0.05, 0) is 169 Å². The maximum Gasteiger partial charge on any atom is 0.197 e. The molecule has 0 aliphatic heterocycles. The first kappa shape index (κ1) is 46.3. The summed E-state index contributed by atoms with van der Waals surface area (Å²) in [5, 5.41) is 4.64. The van der Waals surface area contributed by atoms with Crippen LogP contribution in [0.15, 0.2) is 224 Å². The topological polar surface area (TPSA) is 14.2 Å². The summed E-state index contributed by atoms with van der Waals surface area (Å²) in [7, 11) is 0. The van der Waals surface area contributed by atoms with Crippen LogP contribution in [0.25, 0.3) is 127 Å². The van der Waals surface area contributed by atoms with Crippen molar-refractivity contribution in [1.29, 1.82) is 0 Å². The number of rotatable bonds is 8. The van der Waals surface area contributed by atoms with Gasteiger partial charge in [-0.2, -0.15) is 0 Å². The highest BCUT2D eigenvalue weighted by Gasteiger charge is 2.25. The zero-order valence-electron chi connectivity index (χ0n) is 43.7. The van der Waals surface area contributed by atoms with Crippen LogP contribution in [0.4, 0.5) is 5.69 Å². The predicted octanol–water partition coefficient (Wildman–Crippen LogP) is 20.3. The molecule has 0 aliphatic rings. The number of hydrogen-bond acceptors (Lipinski definition) is 0. The normalized spacial score (nSPS) is 11.5. The lowest BCUT2D eigenvalue weighted by atomic mass is 9.93. The van der Waals surface area contributed by atoms with E-state index in [2.05, 4.69) is 274 Å². The second-order valence-electron chi connectivity index (χ2n) is 21.0. The van der Waals surface area contributed by atoms with Crippen molar-refractivity contribution in [2.45, 2.75) is 41.5 Å². The van der Waals surface area contributed by atoms with E-state index in [9.17, 15) is 0 Å². The molecule has 362 valence electrons. The Kier molecular flexibility index (Phi) is 11.3. The molecule has 0 bridgehead atoms. The number of aryl methyl sites for hydroxylation is 6. The monoisotopic (exact) mass is 973 g/mol. The van der Waals surface area contributed by atoms with Crippen molar-refractivity contribution in [2.75, 3.05) is 0 Å². The van der Waals surface area contributed by atoms with Crippen LogP contribution in [-0.2, 0) is 0 Å². The SMILES string of the molecule is [C-]#[N+]c1cccc(-n2c3ccc(-c4ccc(C)cc4)cc3c3cc(-c4ccc(C)cc4)ccc32)c1-c1cc(-c2cc(C)cc(C)c2)ccc1-n1c2ccc(-c3ccc(C)cc3)cc2c2cc(-c3ccc(C)cc3)ccc21. The van der Waals surface area contributed by atoms with Crippen LogP contribution >= 0.6 is 0 Å². The van der Waals surface area contributed by atoms with Crippen LogP contribution in [-0.4, -0.2) is 9.13 Å². The van der Waals surface area contributed by atoms with Crippen molar-refractivity contribution in [1.82, 2.24) is 9.13 Å². The molecule has 0 amide bonds. The summed E-state index contributed by atoms with van der Waals surface area (Å²) < 4.78 is 4.86. The molecule has 2 aromatic heterocycles. The van der Waals surface area contributed by atoms with Gasteiger partial charge in [-0.15, -0.1) is 0 Å². The molecule has 0 unspecified atom stereocenters. The van der Waals surface area contributed by atoms with Gasteiger partial charge in [-0.25, -0.2) is 4.85 Å². The molecule has 0 radical (unpaired) electrons. The summed E-state index contributed by atoms with van der Waals surface area (Å²) in [6, 6.07) is 82.9. The standard InChI is InChI=1S/C73H55N3/c1-45-11-19-51(20-12-45)55-27-32-67-61(40-55)62-41-56(52-21-13-46(2)14-22-52)28-33-68(62)75(67)71-36-31-59(60-38-49(5)37-50(6)39-60)44-65(71)73-66(74-7)9-8-10-72(73)76-69-34-29-57(53-23-15-47(3)16-24-53)42-63(69)64-43-58(30-35-70(64)76)54-25-17-48(4)18-26-54/h8-44H,1-6H3. The molecule has 0 aliphatic carbocycles. The summed E-state index contributed by atoms with van der Waals surface area (Å²) in [6.07, 6.45) is 0. The van der Waals surface area contributed by atoms with E-state index in [1.54, 1.807) is 0 Å². The summed E-state index contributed by atoms with van der Waals surface area (Å²) in [5.41, 5.74) is 27.7. The highest BCUT2D eigenvalue weighted by Crippen LogP contribution is 2.47. The number of nitrogens with zero attached hydrogens (tertiary/aromatic N) is 3. The van der Waals surface area contributed by atoms with Gasteiger partial charge < -0.3 is 9.13 Å². The van der Waals surface area contributed by atoms with Crippen LogP contribution in [0.5, 0.6) is 0 Å². The highest BCUT2D eigenvalue weighted by atomic mass is 15.0. The molecular weight excluding hydrogens is 919 g/mol. The average molecular weight is 974 g/mol. The van der Waals surface area contributed by atoms with Crippen molar-refractivity contribution in [3.8, 4) is 78.1 Å². The van der Waals surface area contributed by atoms with Gasteiger partial charge in [0.2, 0.25) is 0 Å². The molecule has 76 heavy (non-hydrogen) atoms. The summed E-state index contributed by atoms with van der Waals surface area (Å²) >= 11 is 0. The molecule has 0 saturated heterocycles. The van der Waals surface area contributed by atoms with Crippen molar-refractivity contribution >= 4 is 49.3 Å². The van der Waals surface area contributed by atoms with Gasteiger partial charge in [-0.3, -0.25) is 0 Å². The Morgan fingerprint density at radius 3 is 0.974 bits per heavy atom. The van der Waals surface area contributed by atoms with Gasteiger partial charge in [0.15, 0.2) is 5.69 Å². The van der Waals surface area contributed by atoms with Crippen LogP contribution in [0, 0.1) is 48.1 Å². The minimum absolute atomic E-state index is 0.586. The Balaban J connectivity index is 1.11. The molecule has 0 saturated carbocycles. The number of benzene rings is 11. The Morgan fingerprint density at radius 2 is 0.605 bits per heavy atom. The molecule has 0 spiro atoms. The predicted molar refractivity (Wildman–Crippen MR) is 322 cm³/mol. The van der Waals surface area contributed by atoms with Crippen LogP contribution < -0.4 is 0 Å². The first-order chi connectivity index (χ1) is 37.0. The average Bonchev–Trinajstić information content (AvgIpc) is 4.10. The van der Waals surface area contributed by atoms with Crippen molar-refractivity contribution in [2.24, 2.45) is 0 Å². The van der Waals surface area contributed by atoms with Gasteiger partial charge in [0.1, 0.15) is 0 Å². The van der Waals surface area contributed by atoms with Crippen LogP contribution in [0.1, 0.15) is 33.4 Å². The molecular formula is C73H55N3. The van der Waals surface area contributed by atoms with E-state index in [-0.39, 0.29) is 0 Å². The molecule has 3 heteroatoms. The van der Waals surface area contributed by atoms with Crippen LogP contribution in [0.2, 0.25) is 0 Å². The fraction of sp³-hybridized carbons (Fsp3) is 0.0822. The molecule has 2 heterocycles. The second-order valence-corrected chi connectivity index (χ2v) is 21.0. The number of aromatic nitrogens is 2.